The fourth-order valence-corrected chi connectivity index (χ4v) is 4.41. The van der Waals surface area contributed by atoms with Crippen LogP contribution in [0.15, 0.2) is 53.7 Å². The lowest BCUT2D eigenvalue weighted by Crippen LogP contribution is -2.13. The Labute approximate surface area is 138 Å². The number of amides is 1. The number of hydrogen-bond donors (Lipinski definition) is 1. The lowest BCUT2D eigenvalue weighted by molar-refractivity contribution is 0.102. The van der Waals surface area contributed by atoms with Gasteiger partial charge in [0.05, 0.1) is 21.9 Å². The number of benzene rings is 2. The zero-order valence-electron chi connectivity index (χ0n) is 12.6. The predicted molar refractivity (Wildman–Crippen MR) is 89.7 cm³/mol. The summed E-state index contributed by atoms with van der Waals surface area (Å²) in [6.45, 7) is 0. The molecule has 1 aliphatic heterocycles. The number of carbonyl (C=O) groups is 1. The molecule has 0 bridgehead atoms. The van der Waals surface area contributed by atoms with Gasteiger partial charge in [-0.15, -0.1) is 0 Å². The van der Waals surface area contributed by atoms with Crippen LogP contribution in [-0.2, 0) is 16.3 Å². The van der Waals surface area contributed by atoms with Crippen molar-refractivity contribution in [2.45, 2.75) is 11.3 Å². The van der Waals surface area contributed by atoms with Crippen molar-refractivity contribution < 1.29 is 13.2 Å². The van der Waals surface area contributed by atoms with Crippen LogP contribution in [0.2, 0.25) is 0 Å². The number of sulfone groups is 1. The van der Waals surface area contributed by atoms with Crippen molar-refractivity contribution in [3.05, 3.63) is 59.9 Å². The molecule has 7 heteroatoms. The van der Waals surface area contributed by atoms with E-state index in [1.807, 2.05) is 6.07 Å². The minimum atomic E-state index is -3.19. The second-order valence-electron chi connectivity index (χ2n) is 5.58. The number of aromatic nitrogens is 2. The van der Waals surface area contributed by atoms with Crippen LogP contribution in [0.25, 0.3) is 11.0 Å². The molecule has 1 aliphatic rings. The van der Waals surface area contributed by atoms with Gasteiger partial charge in [0, 0.05) is 18.0 Å². The van der Waals surface area contributed by atoms with Crippen LogP contribution >= 0.6 is 0 Å². The van der Waals surface area contributed by atoms with Crippen LogP contribution in [0.4, 0.5) is 5.69 Å². The largest absolute Gasteiger partial charge is 0.320 e. The first-order chi connectivity index (χ1) is 11.5. The van der Waals surface area contributed by atoms with Crippen molar-refractivity contribution in [3.63, 3.8) is 0 Å². The van der Waals surface area contributed by atoms with E-state index >= 15 is 0 Å². The summed E-state index contributed by atoms with van der Waals surface area (Å²) in [6, 6.07) is 10.1. The van der Waals surface area contributed by atoms with Gasteiger partial charge in [0.2, 0.25) is 0 Å². The number of aryl methyl sites for hydroxylation is 1. The molecular weight excluding hydrogens is 326 g/mol. The zero-order valence-corrected chi connectivity index (χ0v) is 13.4. The van der Waals surface area contributed by atoms with Gasteiger partial charge in [-0.1, -0.05) is 6.07 Å². The summed E-state index contributed by atoms with van der Waals surface area (Å²) in [5, 5.41) is 2.82. The van der Waals surface area contributed by atoms with Crippen LogP contribution in [0, 0.1) is 0 Å². The topological polar surface area (TPSA) is 89.0 Å². The number of hydrogen-bond acceptors (Lipinski definition) is 5. The molecule has 0 fully saturated rings. The number of fused-ring (bicyclic) bond motifs is 2. The number of carbonyl (C=O) groups excluding carboxylic acids is 1. The highest BCUT2D eigenvalue weighted by atomic mass is 32.2. The van der Waals surface area contributed by atoms with E-state index in [1.54, 1.807) is 30.6 Å². The molecule has 0 unspecified atom stereocenters. The summed E-state index contributed by atoms with van der Waals surface area (Å²) in [4.78, 5) is 21.3. The first-order valence-corrected chi connectivity index (χ1v) is 9.07. The molecule has 2 heterocycles. The van der Waals surface area contributed by atoms with Crippen molar-refractivity contribution in [2.24, 2.45) is 0 Å². The highest BCUT2D eigenvalue weighted by Gasteiger charge is 2.26. The Kier molecular flexibility index (Phi) is 3.31. The molecule has 1 amide bonds. The Hall–Kier alpha value is -2.80. The minimum absolute atomic E-state index is 0.103. The molecule has 0 radical (unpaired) electrons. The van der Waals surface area contributed by atoms with Crippen LogP contribution in [0.1, 0.15) is 15.9 Å². The van der Waals surface area contributed by atoms with E-state index in [9.17, 15) is 13.2 Å². The fraction of sp³-hybridized carbons (Fsp3) is 0.118. The third-order valence-electron chi connectivity index (χ3n) is 4.04. The predicted octanol–water partition coefficient (Wildman–Crippen LogP) is 2.21. The van der Waals surface area contributed by atoms with Crippen LogP contribution in [0.3, 0.4) is 0 Å². The second kappa shape index (κ2) is 5.38. The monoisotopic (exact) mass is 339 g/mol. The van der Waals surface area contributed by atoms with Gasteiger partial charge in [-0.25, -0.2) is 8.42 Å². The molecule has 2 aromatic carbocycles. The third kappa shape index (κ3) is 2.43. The normalized spacial score (nSPS) is 15.2. The van der Waals surface area contributed by atoms with Crippen molar-refractivity contribution >= 4 is 32.5 Å². The average Bonchev–Trinajstić information content (AvgIpc) is 2.90. The minimum Gasteiger partial charge on any atom is -0.320 e. The Morgan fingerprint density at radius 3 is 2.79 bits per heavy atom. The van der Waals surface area contributed by atoms with Crippen molar-refractivity contribution in [3.8, 4) is 0 Å². The molecule has 0 saturated carbocycles. The van der Waals surface area contributed by atoms with E-state index in [1.165, 1.54) is 12.1 Å². The van der Waals surface area contributed by atoms with Gasteiger partial charge in [-0.3, -0.25) is 14.8 Å². The smallest absolute Gasteiger partial charge is 0.255 e. The summed E-state index contributed by atoms with van der Waals surface area (Å²) < 4.78 is 23.7. The van der Waals surface area contributed by atoms with Crippen molar-refractivity contribution in [2.75, 3.05) is 11.1 Å². The summed E-state index contributed by atoms with van der Waals surface area (Å²) in [5.41, 5.74) is 2.98. The highest BCUT2D eigenvalue weighted by molar-refractivity contribution is 7.91. The fourth-order valence-electron chi connectivity index (χ4n) is 2.86. The summed E-state index contributed by atoms with van der Waals surface area (Å²) in [6.07, 6.45) is 3.60. The second-order valence-corrected chi connectivity index (χ2v) is 7.65. The van der Waals surface area contributed by atoms with Gasteiger partial charge in [-0.05, 0) is 42.3 Å². The Morgan fingerprint density at radius 2 is 1.92 bits per heavy atom. The maximum Gasteiger partial charge on any atom is 0.255 e. The Bertz CT molecular complexity index is 1070. The SMILES string of the molecule is O=C(Nc1cccc2nccnc12)c1ccc2c(c1)CCS2(=O)=O. The molecule has 24 heavy (non-hydrogen) atoms. The Morgan fingerprint density at radius 1 is 1.08 bits per heavy atom. The van der Waals surface area contributed by atoms with Crippen LogP contribution < -0.4 is 5.32 Å². The van der Waals surface area contributed by atoms with Crippen LogP contribution in [-0.4, -0.2) is 30.0 Å². The van der Waals surface area contributed by atoms with Gasteiger partial charge in [0.25, 0.3) is 5.91 Å². The molecule has 120 valence electrons. The summed E-state index contributed by atoms with van der Waals surface area (Å²) in [5.74, 6) is -0.202. The number of nitrogens with zero attached hydrogens (tertiary/aromatic N) is 2. The van der Waals surface area contributed by atoms with Crippen molar-refractivity contribution in [1.29, 1.82) is 0 Å². The van der Waals surface area contributed by atoms with Gasteiger partial charge in [0.15, 0.2) is 9.84 Å². The van der Waals surface area contributed by atoms with Gasteiger partial charge in [-0.2, -0.15) is 0 Å². The van der Waals surface area contributed by atoms with E-state index in [0.29, 0.717) is 39.2 Å². The van der Waals surface area contributed by atoms with E-state index in [-0.39, 0.29) is 11.7 Å². The quantitative estimate of drug-likeness (QED) is 0.773. The lowest BCUT2D eigenvalue weighted by Gasteiger charge is -2.08. The average molecular weight is 339 g/mol. The van der Waals surface area contributed by atoms with Gasteiger partial charge in [0.1, 0.15) is 5.52 Å². The van der Waals surface area contributed by atoms with E-state index in [4.69, 9.17) is 0 Å². The molecule has 0 aliphatic carbocycles. The molecule has 6 nitrogen and oxygen atoms in total. The summed E-state index contributed by atoms with van der Waals surface area (Å²) >= 11 is 0. The molecule has 4 rings (SSSR count). The standard InChI is InChI=1S/C17H13N3O3S/c21-17(12-4-5-15-11(10-12)6-9-24(15,22)23)20-14-3-1-2-13-16(14)19-8-7-18-13/h1-5,7-8,10H,6,9H2,(H,20,21). The van der Waals surface area contributed by atoms with E-state index in [0.717, 1.165) is 0 Å². The van der Waals surface area contributed by atoms with Crippen LogP contribution in [0.5, 0.6) is 0 Å². The van der Waals surface area contributed by atoms with E-state index in [2.05, 4.69) is 15.3 Å². The molecule has 1 aromatic heterocycles. The molecule has 0 spiro atoms. The number of nitrogens with one attached hydrogen (secondary N) is 1. The Balaban J connectivity index is 1.68. The maximum atomic E-state index is 12.5. The number of anilines is 1. The lowest BCUT2D eigenvalue weighted by atomic mass is 10.1. The first kappa shape index (κ1) is 14.8. The molecular formula is C17H13N3O3S. The molecule has 1 N–H and O–H groups in total. The molecule has 3 aromatic rings. The maximum absolute atomic E-state index is 12.5. The number of para-hydroxylation sites is 1. The van der Waals surface area contributed by atoms with E-state index < -0.39 is 9.84 Å². The molecule has 0 atom stereocenters. The molecule has 0 saturated heterocycles. The highest BCUT2D eigenvalue weighted by Crippen LogP contribution is 2.27. The number of rotatable bonds is 2. The third-order valence-corrected chi connectivity index (χ3v) is 5.85. The van der Waals surface area contributed by atoms with Gasteiger partial charge < -0.3 is 5.32 Å². The zero-order chi connectivity index (χ0) is 16.7. The van der Waals surface area contributed by atoms with Crippen molar-refractivity contribution in [1.82, 2.24) is 9.97 Å². The first-order valence-electron chi connectivity index (χ1n) is 7.41. The summed E-state index contributed by atoms with van der Waals surface area (Å²) in [7, 11) is -3.19. The van der Waals surface area contributed by atoms with Gasteiger partial charge >= 0.3 is 0 Å².